The molecule has 2 aromatic rings. The van der Waals surface area contributed by atoms with Gasteiger partial charge in [-0.2, -0.15) is 0 Å². The van der Waals surface area contributed by atoms with E-state index in [0.29, 0.717) is 22.6 Å². The standard InChI is InChI=1S/C17H19Cl2N3O/c1-11-9-22(17(2,3)10-23-11)15-8-14(19)20-16(21-15)12-4-6-13(18)7-5-12/h4-8,11H,9-10H2,1-3H3. The molecule has 23 heavy (non-hydrogen) atoms. The molecule has 0 amide bonds. The number of nitrogens with zero attached hydrogens (tertiary/aromatic N) is 3. The molecule has 2 heterocycles. The van der Waals surface area contributed by atoms with Gasteiger partial charge >= 0.3 is 0 Å². The monoisotopic (exact) mass is 351 g/mol. The Morgan fingerprint density at radius 2 is 1.87 bits per heavy atom. The van der Waals surface area contributed by atoms with E-state index in [1.165, 1.54) is 0 Å². The molecule has 1 aromatic heterocycles. The predicted molar refractivity (Wildman–Crippen MR) is 94.3 cm³/mol. The van der Waals surface area contributed by atoms with Crippen molar-refractivity contribution in [3.05, 3.63) is 40.5 Å². The molecule has 1 aliphatic heterocycles. The highest BCUT2D eigenvalue weighted by Gasteiger charge is 2.34. The van der Waals surface area contributed by atoms with Gasteiger partial charge in [0, 0.05) is 23.2 Å². The second-order valence-corrected chi connectivity index (χ2v) is 7.25. The molecule has 6 heteroatoms. The first kappa shape index (κ1) is 16.5. The highest BCUT2D eigenvalue weighted by Crippen LogP contribution is 2.30. The van der Waals surface area contributed by atoms with Crippen molar-refractivity contribution >= 4 is 29.0 Å². The van der Waals surface area contributed by atoms with Crippen molar-refractivity contribution in [1.29, 1.82) is 0 Å². The lowest BCUT2D eigenvalue weighted by Crippen LogP contribution is -2.56. The van der Waals surface area contributed by atoms with Crippen LogP contribution in [0.15, 0.2) is 30.3 Å². The molecule has 3 rings (SSSR count). The molecule has 1 saturated heterocycles. The number of rotatable bonds is 2. The van der Waals surface area contributed by atoms with Gasteiger partial charge in [0.2, 0.25) is 0 Å². The number of hydrogen-bond donors (Lipinski definition) is 0. The third-order valence-corrected chi connectivity index (χ3v) is 4.40. The second kappa shape index (κ2) is 6.27. The van der Waals surface area contributed by atoms with Gasteiger partial charge in [-0.25, -0.2) is 9.97 Å². The molecular weight excluding hydrogens is 333 g/mol. The van der Waals surface area contributed by atoms with Crippen LogP contribution in [0.5, 0.6) is 0 Å². The van der Waals surface area contributed by atoms with Gasteiger partial charge < -0.3 is 9.64 Å². The van der Waals surface area contributed by atoms with Gasteiger partial charge in [-0.1, -0.05) is 23.2 Å². The quantitative estimate of drug-likeness (QED) is 0.749. The van der Waals surface area contributed by atoms with Gasteiger partial charge in [-0.3, -0.25) is 0 Å². The van der Waals surface area contributed by atoms with Gasteiger partial charge in [-0.15, -0.1) is 0 Å². The number of benzene rings is 1. The zero-order chi connectivity index (χ0) is 16.6. The topological polar surface area (TPSA) is 38.2 Å². The lowest BCUT2D eigenvalue weighted by atomic mass is 10.0. The number of hydrogen-bond acceptors (Lipinski definition) is 4. The summed E-state index contributed by atoms with van der Waals surface area (Å²) in [5, 5.41) is 1.11. The Morgan fingerprint density at radius 3 is 2.57 bits per heavy atom. The summed E-state index contributed by atoms with van der Waals surface area (Å²) in [6.45, 7) is 7.74. The Hall–Kier alpha value is -1.36. The first-order chi connectivity index (χ1) is 10.8. The van der Waals surface area contributed by atoms with Crippen molar-refractivity contribution in [2.75, 3.05) is 18.1 Å². The van der Waals surface area contributed by atoms with Gasteiger partial charge in [-0.05, 0) is 45.0 Å². The molecule has 0 spiro atoms. The van der Waals surface area contributed by atoms with Crippen molar-refractivity contribution in [2.45, 2.75) is 32.4 Å². The van der Waals surface area contributed by atoms with Gasteiger partial charge in [0.05, 0.1) is 18.2 Å². The fraction of sp³-hybridized carbons (Fsp3) is 0.412. The molecule has 0 N–H and O–H groups in total. The Bertz CT molecular complexity index is 703. The molecule has 1 aliphatic rings. The minimum atomic E-state index is -0.151. The van der Waals surface area contributed by atoms with Gasteiger partial charge in [0.1, 0.15) is 11.0 Å². The van der Waals surface area contributed by atoms with Crippen molar-refractivity contribution in [1.82, 2.24) is 9.97 Å². The number of halogens is 2. The zero-order valence-corrected chi connectivity index (χ0v) is 14.9. The molecule has 1 fully saturated rings. The second-order valence-electron chi connectivity index (χ2n) is 6.42. The molecule has 0 saturated carbocycles. The van der Waals surface area contributed by atoms with Crippen molar-refractivity contribution in [3.8, 4) is 11.4 Å². The summed E-state index contributed by atoms with van der Waals surface area (Å²) in [5.74, 6) is 1.41. The third-order valence-electron chi connectivity index (χ3n) is 3.95. The molecule has 4 nitrogen and oxygen atoms in total. The van der Waals surface area contributed by atoms with Crippen molar-refractivity contribution in [2.24, 2.45) is 0 Å². The van der Waals surface area contributed by atoms with Crippen LogP contribution in [0.1, 0.15) is 20.8 Å². The number of anilines is 1. The number of aromatic nitrogens is 2. The summed E-state index contributed by atoms with van der Waals surface area (Å²) in [6.07, 6.45) is 0.149. The number of ether oxygens (including phenoxy) is 1. The molecule has 1 unspecified atom stereocenters. The molecular formula is C17H19Cl2N3O. The van der Waals surface area contributed by atoms with E-state index in [4.69, 9.17) is 32.9 Å². The minimum Gasteiger partial charge on any atom is -0.374 e. The van der Waals surface area contributed by atoms with E-state index < -0.39 is 0 Å². The summed E-state index contributed by atoms with van der Waals surface area (Å²) in [4.78, 5) is 11.3. The maximum absolute atomic E-state index is 6.24. The van der Waals surface area contributed by atoms with E-state index in [-0.39, 0.29) is 11.6 Å². The summed E-state index contributed by atoms with van der Waals surface area (Å²) in [6, 6.07) is 9.24. The molecule has 1 atom stereocenters. The normalized spacial score (nSPS) is 20.6. The van der Waals surface area contributed by atoms with Crippen LogP contribution in [0.25, 0.3) is 11.4 Å². The third kappa shape index (κ3) is 3.60. The van der Waals surface area contributed by atoms with Crippen LogP contribution < -0.4 is 4.90 Å². The average Bonchev–Trinajstić information content (AvgIpc) is 2.50. The van der Waals surface area contributed by atoms with Crippen molar-refractivity contribution in [3.63, 3.8) is 0 Å². The van der Waals surface area contributed by atoms with Crippen LogP contribution in [0.2, 0.25) is 10.2 Å². The maximum Gasteiger partial charge on any atom is 0.163 e. The first-order valence-corrected chi connectivity index (χ1v) is 8.30. The van der Waals surface area contributed by atoms with E-state index in [1.807, 2.05) is 24.3 Å². The van der Waals surface area contributed by atoms with E-state index in [9.17, 15) is 0 Å². The summed E-state index contributed by atoms with van der Waals surface area (Å²) >= 11 is 12.2. The highest BCUT2D eigenvalue weighted by molar-refractivity contribution is 6.30. The van der Waals surface area contributed by atoms with Crippen LogP contribution in [0.4, 0.5) is 5.82 Å². The Morgan fingerprint density at radius 1 is 1.17 bits per heavy atom. The lowest BCUT2D eigenvalue weighted by molar-refractivity contribution is 0.00662. The molecule has 0 aliphatic carbocycles. The summed E-state index contributed by atoms with van der Waals surface area (Å²) in [7, 11) is 0. The smallest absolute Gasteiger partial charge is 0.163 e. The molecule has 122 valence electrons. The van der Waals surface area contributed by atoms with Crippen LogP contribution in [-0.4, -0.2) is 34.8 Å². The molecule has 0 radical (unpaired) electrons. The van der Waals surface area contributed by atoms with E-state index in [1.54, 1.807) is 6.07 Å². The maximum atomic E-state index is 6.24. The first-order valence-electron chi connectivity index (χ1n) is 7.55. The average molecular weight is 352 g/mol. The van der Waals surface area contributed by atoms with Crippen molar-refractivity contribution < 1.29 is 4.74 Å². The van der Waals surface area contributed by atoms with E-state index in [2.05, 4.69) is 30.7 Å². The summed E-state index contributed by atoms with van der Waals surface area (Å²) < 4.78 is 5.77. The van der Waals surface area contributed by atoms with Gasteiger partial charge in [0.15, 0.2) is 5.82 Å². The van der Waals surface area contributed by atoms with E-state index in [0.717, 1.165) is 17.9 Å². The van der Waals surface area contributed by atoms with Crippen LogP contribution in [0, 0.1) is 0 Å². The largest absolute Gasteiger partial charge is 0.374 e. The number of morpholine rings is 1. The Labute approximate surface area is 146 Å². The van der Waals surface area contributed by atoms with Gasteiger partial charge in [0.25, 0.3) is 0 Å². The fourth-order valence-electron chi connectivity index (χ4n) is 2.66. The van der Waals surface area contributed by atoms with E-state index >= 15 is 0 Å². The predicted octanol–water partition coefficient (Wildman–Crippen LogP) is 4.45. The van der Waals surface area contributed by atoms with Crippen LogP contribution >= 0.6 is 23.2 Å². The Kier molecular flexibility index (Phi) is 4.50. The van der Waals surface area contributed by atoms with Crippen LogP contribution in [0.3, 0.4) is 0 Å². The molecule has 0 bridgehead atoms. The Balaban J connectivity index is 2.01. The highest BCUT2D eigenvalue weighted by atomic mass is 35.5. The SMILES string of the molecule is CC1CN(c2cc(Cl)nc(-c3ccc(Cl)cc3)n2)C(C)(C)CO1. The summed E-state index contributed by atoms with van der Waals surface area (Å²) in [5.41, 5.74) is 0.735. The minimum absolute atomic E-state index is 0.149. The fourth-order valence-corrected chi connectivity index (χ4v) is 2.96. The zero-order valence-electron chi connectivity index (χ0n) is 13.4. The van der Waals surface area contributed by atoms with Crippen LogP contribution in [-0.2, 0) is 4.74 Å². The lowest BCUT2D eigenvalue weighted by Gasteiger charge is -2.45. The molecule has 1 aromatic carbocycles.